The van der Waals surface area contributed by atoms with Crippen molar-refractivity contribution in [2.24, 2.45) is 17.1 Å². The van der Waals surface area contributed by atoms with Crippen molar-refractivity contribution in [1.82, 2.24) is 5.32 Å². The summed E-state index contributed by atoms with van der Waals surface area (Å²) in [6.45, 7) is 6.06. The van der Waals surface area contributed by atoms with Crippen LogP contribution >= 0.6 is 0 Å². The molecule has 0 aromatic carbocycles. The molecule has 1 saturated carbocycles. The van der Waals surface area contributed by atoms with E-state index in [2.05, 4.69) is 12.2 Å². The molecule has 1 aliphatic carbocycles. The Labute approximate surface area is 92.7 Å². The van der Waals surface area contributed by atoms with E-state index in [4.69, 9.17) is 10.5 Å². The molecule has 2 atom stereocenters. The van der Waals surface area contributed by atoms with Crippen LogP contribution in [-0.2, 0) is 4.74 Å². The average molecular weight is 212 g/mol. The lowest BCUT2D eigenvalue weighted by atomic mass is 9.82. The molecule has 15 heavy (non-hydrogen) atoms. The molecule has 3 nitrogen and oxygen atoms in total. The fraction of sp³-hybridized carbons (Fsp3) is 1.00. The third-order valence-electron chi connectivity index (χ3n) is 3.90. The monoisotopic (exact) mass is 212 g/mol. The maximum Gasteiger partial charge on any atom is 0.0554 e. The lowest BCUT2D eigenvalue weighted by molar-refractivity contribution is -0.101. The fourth-order valence-electron chi connectivity index (χ4n) is 2.69. The summed E-state index contributed by atoms with van der Waals surface area (Å²) < 4.78 is 5.27. The summed E-state index contributed by atoms with van der Waals surface area (Å²) in [5.74, 6) is 0.698. The van der Waals surface area contributed by atoms with E-state index < -0.39 is 0 Å². The predicted octanol–water partition coefficient (Wildman–Crippen LogP) is 1.13. The van der Waals surface area contributed by atoms with E-state index in [0.717, 1.165) is 26.3 Å². The number of rotatable bonds is 4. The van der Waals surface area contributed by atoms with Crippen LogP contribution in [0.5, 0.6) is 0 Å². The molecule has 1 aliphatic heterocycles. The van der Waals surface area contributed by atoms with Crippen LogP contribution in [-0.4, -0.2) is 32.3 Å². The van der Waals surface area contributed by atoms with Gasteiger partial charge in [0.1, 0.15) is 0 Å². The maximum atomic E-state index is 5.81. The van der Waals surface area contributed by atoms with Crippen LogP contribution in [0.1, 0.15) is 32.6 Å². The van der Waals surface area contributed by atoms with E-state index in [1.165, 1.54) is 25.7 Å². The van der Waals surface area contributed by atoms with Crippen molar-refractivity contribution in [2.75, 3.05) is 26.3 Å². The van der Waals surface area contributed by atoms with Gasteiger partial charge in [-0.05, 0) is 25.3 Å². The summed E-state index contributed by atoms with van der Waals surface area (Å²) in [6, 6.07) is 0.654. The van der Waals surface area contributed by atoms with Crippen molar-refractivity contribution in [3.63, 3.8) is 0 Å². The summed E-state index contributed by atoms with van der Waals surface area (Å²) >= 11 is 0. The van der Waals surface area contributed by atoms with Crippen LogP contribution in [0.3, 0.4) is 0 Å². The first-order chi connectivity index (χ1) is 7.23. The number of hydrogen-bond donors (Lipinski definition) is 2. The van der Waals surface area contributed by atoms with Gasteiger partial charge < -0.3 is 15.8 Å². The largest absolute Gasteiger partial charge is 0.380 e. The van der Waals surface area contributed by atoms with Gasteiger partial charge in [0.15, 0.2) is 0 Å². The van der Waals surface area contributed by atoms with Crippen LogP contribution in [0.15, 0.2) is 0 Å². The Balaban J connectivity index is 1.76. The molecule has 2 rings (SSSR count). The first-order valence-corrected chi connectivity index (χ1v) is 6.25. The summed E-state index contributed by atoms with van der Waals surface area (Å²) in [5, 5.41) is 3.71. The number of hydrogen-bond acceptors (Lipinski definition) is 3. The Hall–Kier alpha value is -0.120. The standard InChI is InChI=1S/C12H24N2O/c1-12(8-15-9-12)7-14-11-5-3-2-4-10(11)6-13/h10-11,14H,2-9,13H2,1H3. The molecule has 1 heterocycles. The highest BCUT2D eigenvalue weighted by Crippen LogP contribution is 2.28. The Kier molecular flexibility index (Phi) is 3.65. The molecular formula is C12H24N2O. The third kappa shape index (κ3) is 2.71. The van der Waals surface area contributed by atoms with Crippen LogP contribution in [0.2, 0.25) is 0 Å². The van der Waals surface area contributed by atoms with E-state index in [-0.39, 0.29) is 0 Å². The molecule has 0 spiro atoms. The molecule has 3 N–H and O–H groups in total. The van der Waals surface area contributed by atoms with Crippen LogP contribution in [0.4, 0.5) is 0 Å². The maximum absolute atomic E-state index is 5.81. The van der Waals surface area contributed by atoms with Crippen molar-refractivity contribution < 1.29 is 4.74 Å². The summed E-state index contributed by atoms with van der Waals surface area (Å²) in [5.41, 5.74) is 6.20. The zero-order valence-corrected chi connectivity index (χ0v) is 9.80. The lowest BCUT2D eigenvalue weighted by Crippen LogP contribution is -2.52. The molecule has 2 unspecified atom stereocenters. The van der Waals surface area contributed by atoms with Gasteiger partial charge in [-0.15, -0.1) is 0 Å². The van der Waals surface area contributed by atoms with Crippen LogP contribution < -0.4 is 11.1 Å². The SMILES string of the molecule is CC1(CNC2CCCCC2CN)COC1. The van der Waals surface area contributed by atoms with Gasteiger partial charge in [0.2, 0.25) is 0 Å². The Morgan fingerprint density at radius 3 is 2.67 bits per heavy atom. The van der Waals surface area contributed by atoms with Gasteiger partial charge in [0.25, 0.3) is 0 Å². The van der Waals surface area contributed by atoms with Crippen molar-refractivity contribution in [3.05, 3.63) is 0 Å². The van der Waals surface area contributed by atoms with Gasteiger partial charge in [0.05, 0.1) is 13.2 Å². The highest BCUT2D eigenvalue weighted by atomic mass is 16.5. The molecule has 1 saturated heterocycles. The quantitative estimate of drug-likeness (QED) is 0.734. The van der Waals surface area contributed by atoms with Gasteiger partial charge in [0, 0.05) is 18.0 Å². The van der Waals surface area contributed by atoms with Gasteiger partial charge in [-0.2, -0.15) is 0 Å². The predicted molar refractivity (Wildman–Crippen MR) is 61.7 cm³/mol. The second kappa shape index (κ2) is 4.81. The zero-order chi connectivity index (χ0) is 10.7. The van der Waals surface area contributed by atoms with E-state index in [9.17, 15) is 0 Å². The van der Waals surface area contributed by atoms with Crippen LogP contribution in [0, 0.1) is 11.3 Å². The first kappa shape index (κ1) is 11.4. The van der Waals surface area contributed by atoms with Crippen molar-refractivity contribution >= 4 is 0 Å². The molecule has 0 aromatic heterocycles. The van der Waals surface area contributed by atoms with Crippen LogP contribution in [0.25, 0.3) is 0 Å². The lowest BCUT2D eigenvalue weighted by Gasteiger charge is -2.41. The van der Waals surface area contributed by atoms with E-state index in [0.29, 0.717) is 17.4 Å². The van der Waals surface area contributed by atoms with Gasteiger partial charge in [-0.1, -0.05) is 19.8 Å². The van der Waals surface area contributed by atoms with E-state index >= 15 is 0 Å². The molecule has 0 aromatic rings. The van der Waals surface area contributed by atoms with E-state index in [1.807, 2.05) is 0 Å². The third-order valence-corrected chi connectivity index (χ3v) is 3.90. The molecular weight excluding hydrogens is 188 g/mol. The van der Waals surface area contributed by atoms with Gasteiger partial charge in [-0.25, -0.2) is 0 Å². The Morgan fingerprint density at radius 1 is 1.33 bits per heavy atom. The highest BCUT2D eigenvalue weighted by Gasteiger charge is 2.34. The van der Waals surface area contributed by atoms with Gasteiger partial charge >= 0.3 is 0 Å². The fourth-order valence-corrected chi connectivity index (χ4v) is 2.69. The van der Waals surface area contributed by atoms with Crippen molar-refractivity contribution in [1.29, 1.82) is 0 Å². The summed E-state index contributed by atoms with van der Waals surface area (Å²) in [7, 11) is 0. The molecule has 0 amide bonds. The zero-order valence-electron chi connectivity index (χ0n) is 9.80. The molecule has 3 heteroatoms. The number of nitrogens with two attached hydrogens (primary N) is 1. The molecule has 0 bridgehead atoms. The van der Waals surface area contributed by atoms with E-state index in [1.54, 1.807) is 0 Å². The smallest absolute Gasteiger partial charge is 0.0554 e. The minimum Gasteiger partial charge on any atom is -0.380 e. The normalized spacial score (nSPS) is 34.8. The first-order valence-electron chi connectivity index (χ1n) is 6.25. The van der Waals surface area contributed by atoms with Crippen molar-refractivity contribution in [3.8, 4) is 0 Å². The minimum atomic E-state index is 0.386. The Bertz CT molecular complexity index is 204. The average Bonchev–Trinajstić information content (AvgIpc) is 2.24. The number of nitrogens with one attached hydrogen (secondary N) is 1. The molecule has 2 aliphatic rings. The second-order valence-electron chi connectivity index (χ2n) is 5.57. The topological polar surface area (TPSA) is 47.3 Å². The number of ether oxygens (including phenoxy) is 1. The van der Waals surface area contributed by atoms with Crippen molar-refractivity contribution in [2.45, 2.75) is 38.6 Å². The summed E-state index contributed by atoms with van der Waals surface area (Å²) in [4.78, 5) is 0. The molecule has 2 fully saturated rings. The highest BCUT2D eigenvalue weighted by molar-refractivity contribution is 4.87. The summed E-state index contributed by atoms with van der Waals surface area (Å²) in [6.07, 6.45) is 5.34. The minimum absolute atomic E-state index is 0.386. The molecule has 88 valence electrons. The Morgan fingerprint density at radius 2 is 2.07 bits per heavy atom. The molecule has 0 radical (unpaired) electrons. The second-order valence-corrected chi connectivity index (χ2v) is 5.57. The van der Waals surface area contributed by atoms with Gasteiger partial charge in [-0.3, -0.25) is 0 Å².